The third-order valence-corrected chi connectivity index (χ3v) is 15.5. The number of sulfonamides is 1. The molecule has 1 amide bonds. The van der Waals surface area contributed by atoms with Crippen molar-refractivity contribution in [2.75, 3.05) is 37.6 Å². The second-order valence-electron chi connectivity index (χ2n) is 18.2. The highest BCUT2D eigenvalue weighted by molar-refractivity contribution is 7.92. The van der Waals surface area contributed by atoms with E-state index in [1.165, 1.54) is 45.8 Å². The molecule has 74 heavy (non-hydrogen) atoms. The first-order chi connectivity index (χ1) is 34.0. The average molecular weight is 1110 g/mol. The molecule has 0 radical (unpaired) electrons. The predicted molar refractivity (Wildman–Crippen MR) is 247 cm³/mol. The summed E-state index contributed by atoms with van der Waals surface area (Å²) in [5, 5.41) is 8.91. The van der Waals surface area contributed by atoms with Crippen LogP contribution in [0.3, 0.4) is 0 Å². The molecule has 2 aromatic carbocycles. The van der Waals surface area contributed by atoms with E-state index in [4.69, 9.17) is 16.3 Å². The summed E-state index contributed by atoms with van der Waals surface area (Å²) in [7, 11) is -5.50. The number of rotatable bonds is 15. The molecule has 1 N–H and O–H groups in total. The number of benzene rings is 2. The number of carbonyl (C=O) groups excluding carboxylic acids is 2. The summed E-state index contributed by atoms with van der Waals surface area (Å²) in [4.78, 5) is 33.1. The number of anilines is 1. The molecule has 0 fully saturated rings. The van der Waals surface area contributed by atoms with Crippen LogP contribution in [0.25, 0.3) is 22.0 Å². The van der Waals surface area contributed by atoms with Crippen LogP contribution in [0.2, 0.25) is 5.02 Å². The van der Waals surface area contributed by atoms with Gasteiger partial charge in [0.25, 0.3) is 0 Å². The molecule has 0 saturated heterocycles. The summed E-state index contributed by atoms with van der Waals surface area (Å²) < 4.78 is 204. The Morgan fingerprint density at radius 3 is 2.14 bits per heavy atom. The number of nitrogens with zero attached hydrogens (tertiary/aromatic N) is 7. The minimum atomic E-state index is -5.29. The number of sulfone groups is 1. The van der Waals surface area contributed by atoms with Gasteiger partial charge in [0, 0.05) is 29.0 Å². The number of esters is 1. The number of alkyl halides is 8. The first-order valence-corrected chi connectivity index (χ1v) is 25.7. The lowest BCUT2D eigenvalue weighted by atomic mass is 9.84. The third-order valence-electron chi connectivity index (χ3n) is 12.2. The van der Waals surface area contributed by atoms with E-state index in [9.17, 15) is 61.5 Å². The second kappa shape index (κ2) is 19.4. The van der Waals surface area contributed by atoms with E-state index >= 15 is 8.78 Å². The molecule has 3 heterocycles. The molecule has 396 valence electrons. The fourth-order valence-corrected chi connectivity index (χ4v) is 9.15. The van der Waals surface area contributed by atoms with E-state index in [1.807, 2.05) is 0 Å². The largest absolute Gasteiger partial charge is 0.442 e. The van der Waals surface area contributed by atoms with Crippen LogP contribution in [0, 0.1) is 41.2 Å². The highest BCUT2D eigenvalue weighted by atomic mass is 35.5. The van der Waals surface area contributed by atoms with Crippen LogP contribution in [0.4, 0.5) is 49.7 Å². The van der Waals surface area contributed by atoms with Crippen molar-refractivity contribution >= 4 is 60.1 Å². The molecular weight excluding hydrogens is 1070 g/mol. The lowest BCUT2D eigenvalue weighted by Crippen LogP contribution is -2.39. The number of ether oxygens (including phenoxy) is 1. The monoisotopic (exact) mass is 1110 g/mol. The van der Waals surface area contributed by atoms with Crippen molar-refractivity contribution in [2.24, 2.45) is 5.92 Å². The molecule has 5 aromatic rings. The van der Waals surface area contributed by atoms with Gasteiger partial charge in [0.1, 0.15) is 52.8 Å². The number of hydrogen-bond acceptors (Lipinski definition) is 11. The molecule has 7 rings (SSSR count). The van der Waals surface area contributed by atoms with Crippen molar-refractivity contribution in [1.82, 2.24) is 34.8 Å². The van der Waals surface area contributed by atoms with Gasteiger partial charge in [-0.2, -0.15) is 45.3 Å². The standard InChI is InChI=1S/C46H41ClF10N8O7S2/c1-23(62(4)5)42(67)72-22-65(74(7,70)71)41-36-32(47)13-11-29(38(36)64(61-41)21-44(50,51)52)28-9-8-27(14-15-43(2,3)73(6,68)69)58-37(28)33(18-24-16-25(48)19-26(49)17-24)59-34(66)20-63-40-35(39(60-63)46(55,56)57)30-10-12-31(30)45(40,53)54/h8-9,11,13,16-17,19,23,30-31,33H,18,20-22H2,1-7H3,(H,59,66)/t23-,30-,31+,33-/m0/s1. The Labute approximate surface area is 421 Å². The van der Waals surface area contributed by atoms with E-state index in [0.717, 1.165) is 36.6 Å². The number of fused-ring (bicyclic) bond motifs is 4. The van der Waals surface area contributed by atoms with Crippen molar-refractivity contribution in [3.05, 3.63) is 93.0 Å². The van der Waals surface area contributed by atoms with E-state index in [-0.39, 0.29) is 27.1 Å². The maximum absolute atomic E-state index is 15.8. The molecule has 0 saturated carbocycles. The number of likely N-dealkylation sites (N-methyl/N-ethyl adjacent to an activating group) is 1. The van der Waals surface area contributed by atoms with Crippen LogP contribution in [0.15, 0.2) is 42.5 Å². The number of nitrogens with one attached hydrogen (secondary N) is 1. The van der Waals surface area contributed by atoms with Gasteiger partial charge in [-0.1, -0.05) is 35.4 Å². The van der Waals surface area contributed by atoms with Crippen LogP contribution in [0.5, 0.6) is 0 Å². The molecule has 28 heteroatoms. The zero-order valence-corrected chi connectivity index (χ0v) is 42.0. The van der Waals surface area contributed by atoms with Gasteiger partial charge in [-0.15, -0.1) is 0 Å². The lowest BCUT2D eigenvalue weighted by molar-refractivity contribution is -0.148. The molecule has 0 aliphatic heterocycles. The Morgan fingerprint density at radius 2 is 1.58 bits per heavy atom. The molecule has 2 aliphatic carbocycles. The first kappa shape index (κ1) is 55.3. The van der Waals surface area contributed by atoms with Crippen LogP contribution in [0.1, 0.15) is 66.6 Å². The van der Waals surface area contributed by atoms with E-state index < -0.39 is 161 Å². The molecule has 2 aliphatic rings. The average Bonchev–Trinajstić information content (AvgIpc) is 3.83. The number of hydrogen-bond donors (Lipinski definition) is 1. The highest BCUT2D eigenvalue weighted by Crippen LogP contribution is 2.58. The Hall–Kier alpha value is -6.42. The number of halogens is 11. The highest BCUT2D eigenvalue weighted by Gasteiger charge is 2.62. The summed E-state index contributed by atoms with van der Waals surface area (Å²) in [5.74, 6) is -3.29. The lowest BCUT2D eigenvalue weighted by Gasteiger charge is -2.24. The zero-order chi connectivity index (χ0) is 55.0. The van der Waals surface area contributed by atoms with Crippen molar-refractivity contribution in [3.8, 4) is 34.8 Å². The first-order valence-electron chi connectivity index (χ1n) is 21.6. The molecule has 0 bridgehead atoms. The van der Waals surface area contributed by atoms with Crippen LogP contribution in [-0.2, 0) is 65.8 Å². The fourth-order valence-electron chi connectivity index (χ4n) is 7.99. The van der Waals surface area contributed by atoms with Crippen molar-refractivity contribution in [2.45, 2.75) is 81.3 Å². The molecule has 0 spiro atoms. The summed E-state index contributed by atoms with van der Waals surface area (Å²) in [6.07, 6.45) is -9.59. The van der Waals surface area contributed by atoms with Crippen molar-refractivity contribution < 1.29 is 75.1 Å². The molecule has 0 unspecified atom stereocenters. The SMILES string of the molecule is C[C@@H](C(=O)OCN(c1nn(CC(F)(F)F)c2c(-c3ccc(C#CC(C)(C)S(C)(=O)=O)nc3[C@H](Cc3cc(F)cc(F)c3)NC(=O)Cn3nc(C(F)(F)F)c4c3C(F)(F)[C@@H]3C#C[C@H]43)ccc(Cl)c12)S(C)(=O)=O)N(C)C. The van der Waals surface area contributed by atoms with Gasteiger partial charge in [0.2, 0.25) is 15.9 Å². The number of amides is 1. The van der Waals surface area contributed by atoms with E-state index in [1.54, 1.807) is 0 Å². The quantitative estimate of drug-likeness (QED) is 0.0489. The van der Waals surface area contributed by atoms with Gasteiger partial charge in [-0.3, -0.25) is 23.9 Å². The Balaban J connectivity index is 1.47. The predicted octanol–water partition coefficient (Wildman–Crippen LogP) is 7.12. The molecule has 15 nitrogen and oxygen atoms in total. The van der Waals surface area contributed by atoms with Gasteiger partial charge in [0.15, 0.2) is 28.1 Å². The zero-order valence-electron chi connectivity index (χ0n) is 39.6. The number of carbonyl (C=O) groups is 2. The van der Waals surface area contributed by atoms with Crippen molar-refractivity contribution in [3.63, 3.8) is 0 Å². The maximum Gasteiger partial charge on any atom is 0.435 e. The van der Waals surface area contributed by atoms with Gasteiger partial charge >= 0.3 is 24.2 Å². The topological polar surface area (TPSA) is 179 Å². The Kier molecular flexibility index (Phi) is 14.5. The van der Waals surface area contributed by atoms with Gasteiger partial charge in [0.05, 0.1) is 39.8 Å². The number of pyridine rings is 1. The van der Waals surface area contributed by atoms with Gasteiger partial charge < -0.3 is 10.1 Å². The maximum atomic E-state index is 15.8. The summed E-state index contributed by atoms with van der Waals surface area (Å²) in [5.41, 5.74) is -6.10. The molecular formula is C46H41ClF10N8O7S2. The summed E-state index contributed by atoms with van der Waals surface area (Å²) in [6.45, 7) is -0.504. The van der Waals surface area contributed by atoms with E-state index in [0.29, 0.717) is 21.3 Å². The smallest absolute Gasteiger partial charge is 0.435 e. The van der Waals surface area contributed by atoms with Crippen LogP contribution >= 0.6 is 11.6 Å². The normalized spacial score (nSPS) is 17.1. The summed E-state index contributed by atoms with van der Waals surface area (Å²) in [6, 6.07) is 3.94. The minimum Gasteiger partial charge on any atom is -0.442 e. The van der Waals surface area contributed by atoms with Crippen LogP contribution < -0.4 is 9.62 Å². The van der Waals surface area contributed by atoms with Gasteiger partial charge in [-0.05, 0) is 83.1 Å². The summed E-state index contributed by atoms with van der Waals surface area (Å²) >= 11 is 6.68. The molecule has 4 atom stereocenters. The fraction of sp³-hybridized carbons (Fsp3) is 0.413. The third kappa shape index (κ3) is 11.0. The molecule has 3 aromatic heterocycles. The Bertz CT molecular complexity index is 3460. The second-order valence-corrected chi connectivity index (χ2v) is 23.0. The van der Waals surface area contributed by atoms with Crippen LogP contribution in [-0.4, -0.2) is 108 Å². The van der Waals surface area contributed by atoms with E-state index in [2.05, 4.69) is 44.2 Å². The number of aromatic nitrogens is 5. The minimum absolute atomic E-state index is 0.142. The van der Waals surface area contributed by atoms with Crippen molar-refractivity contribution in [1.29, 1.82) is 0 Å². The van der Waals surface area contributed by atoms with Gasteiger partial charge in [-0.25, -0.2) is 34.9 Å². The Morgan fingerprint density at radius 1 is 0.946 bits per heavy atom.